The monoisotopic (exact) mass is 287 g/mol. The third-order valence-electron chi connectivity index (χ3n) is 3.03. The van der Waals surface area contributed by atoms with Gasteiger partial charge < -0.3 is 14.8 Å². The number of rotatable bonds is 10. The molecule has 5 heteroatoms. The first-order valence-corrected chi connectivity index (χ1v) is 6.90. The van der Waals surface area contributed by atoms with Gasteiger partial charge in [-0.1, -0.05) is 6.07 Å². The van der Waals surface area contributed by atoms with Gasteiger partial charge in [0, 0.05) is 25.3 Å². The normalized spacial score (nSPS) is 12.6. The zero-order valence-corrected chi connectivity index (χ0v) is 12.1. The molecule has 0 fully saturated rings. The summed E-state index contributed by atoms with van der Waals surface area (Å²) < 4.78 is 37.3. The number of nitrogens with one attached hydrogen (secondary N) is 1. The number of halogens is 2. The van der Waals surface area contributed by atoms with Crippen molar-refractivity contribution in [3.05, 3.63) is 35.4 Å². The van der Waals surface area contributed by atoms with Gasteiger partial charge in [0.1, 0.15) is 11.6 Å². The Morgan fingerprint density at radius 2 is 1.80 bits per heavy atom. The molecule has 1 unspecified atom stereocenters. The molecule has 0 aliphatic rings. The molecule has 0 saturated carbocycles. The van der Waals surface area contributed by atoms with E-state index in [4.69, 9.17) is 9.47 Å². The Bertz CT molecular complexity index is 368. The first kappa shape index (κ1) is 17.0. The number of benzene rings is 1. The summed E-state index contributed by atoms with van der Waals surface area (Å²) in [6, 6.07) is 3.59. The van der Waals surface area contributed by atoms with Gasteiger partial charge in [-0.25, -0.2) is 8.78 Å². The van der Waals surface area contributed by atoms with Crippen molar-refractivity contribution in [2.75, 3.05) is 33.5 Å². The highest BCUT2D eigenvalue weighted by molar-refractivity contribution is 5.22. The minimum atomic E-state index is -0.507. The molecule has 0 aliphatic carbocycles. The molecule has 114 valence electrons. The summed E-state index contributed by atoms with van der Waals surface area (Å²) in [6.45, 7) is 4.33. The number of ether oxygens (including phenoxy) is 2. The second kappa shape index (κ2) is 9.80. The van der Waals surface area contributed by atoms with Crippen LogP contribution in [0, 0.1) is 11.6 Å². The minimum absolute atomic E-state index is 0.101. The van der Waals surface area contributed by atoms with Gasteiger partial charge >= 0.3 is 0 Å². The van der Waals surface area contributed by atoms with E-state index in [9.17, 15) is 8.78 Å². The van der Waals surface area contributed by atoms with Crippen molar-refractivity contribution in [1.82, 2.24) is 5.32 Å². The van der Waals surface area contributed by atoms with Crippen LogP contribution < -0.4 is 5.32 Å². The van der Waals surface area contributed by atoms with Crippen LogP contribution >= 0.6 is 0 Å². The summed E-state index contributed by atoms with van der Waals surface area (Å²) in [5.74, 6) is -1.01. The average molecular weight is 287 g/mol. The lowest BCUT2D eigenvalue weighted by molar-refractivity contribution is 0.0687. The van der Waals surface area contributed by atoms with Crippen molar-refractivity contribution in [3.63, 3.8) is 0 Å². The summed E-state index contributed by atoms with van der Waals surface area (Å²) in [5, 5.41) is 3.12. The fourth-order valence-electron chi connectivity index (χ4n) is 1.92. The van der Waals surface area contributed by atoms with Crippen molar-refractivity contribution in [2.45, 2.75) is 25.8 Å². The molecule has 0 spiro atoms. The van der Waals surface area contributed by atoms with Crippen molar-refractivity contribution < 1.29 is 18.3 Å². The SMILES string of the molecule is COCCOCCCCNC(C)c1c(F)cccc1F. The van der Waals surface area contributed by atoms with E-state index in [0.717, 1.165) is 12.8 Å². The zero-order chi connectivity index (χ0) is 14.8. The topological polar surface area (TPSA) is 30.5 Å². The van der Waals surface area contributed by atoms with Crippen LogP contribution in [0.3, 0.4) is 0 Å². The van der Waals surface area contributed by atoms with Crippen molar-refractivity contribution >= 4 is 0 Å². The lowest BCUT2D eigenvalue weighted by Gasteiger charge is -2.15. The summed E-state index contributed by atoms with van der Waals surface area (Å²) in [7, 11) is 1.64. The molecule has 1 atom stereocenters. The third kappa shape index (κ3) is 5.94. The molecular weight excluding hydrogens is 264 g/mol. The van der Waals surface area contributed by atoms with Gasteiger partial charge in [-0.05, 0) is 38.4 Å². The molecule has 1 aromatic carbocycles. The van der Waals surface area contributed by atoms with Crippen LogP contribution in [0.15, 0.2) is 18.2 Å². The van der Waals surface area contributed by atoms with Crippen LogP contribution in [-0.4, -0.2) is 33.5 Å². The first-order valence-electron chi connectivity index (χ1n) is 6.90. The summed E-state index contributed by atoms with van der Waals surface area (Å²) in [5.41, 5.74) is 0.101. The smallest absolute Gasteiger partial charge is 0.130 e. The van der Waals surface area contributed by atoms with E-state index in [1.807, 2.05) is 0 Å². The Hall–Kier alpha value is -1.04. The van der Waals surface area contributed by atoms with E-state index < -0.39 is 11.6 Å². The molecule has 0 heterocycles. The van der Waals surface area contributed by atoms with Crippen molar-refractivity contribution in [2.24, 2.45) is 0 Å². The minimum Gasteiger partial charge on any atom is -0.382 e. The molecule has 0 amide bonds. The zero-order valence-electron chi connectivity index (χ0n) is 12.1. The predicted molar refractivity (Wildman–Crippen MR) is 74.7 cm³/mol. The van der Waals surface area contributed by atoms with Crippen LogP contribution in [0.4, 0.5) is 8.78 Å². The van der Waals surface area contributed by atoms with Gasteiger partial charge in [0.2, 0.25) is 0 Å². The standard InChI is InChI=1S/C15H23F2NO2/c1-12(15-13(16)6-5-7-14(15)17)18-8-3-4-9-20-11-10-19-2/h5-7,12,18H,3-4,8-11H2,1-2H3. The fourth-order valence-corrected chi connectivity index (χ4v) is 1.92. The van der Waals surface area contributed by atoms with E-state index in [1.54, 1.807) is 14.0 Å². The highest BCUT2D eigenvalue weighted by Gasteiger charge is 2.14. The largest absolute Gasteiger partial charge is 0.382 e. The van der Waals surface area contributed by atoms with Crippen LogP contribution in [0.25, 0.3) is 0 Å². The van der Waals surface area contributed by atoms with Gasteiger partial charge in [-0.15, -0.1) is 0 Å². The number of hydrogen-bond acceptors (Lipinski definition) is 3. The van der Waals surface area contributed by atoms with E-state index in [2.05, 4.69) is 5.32 Å². The van der Waals surface area contributed by atoms with E-state index in [1.165, 1.54) is 18.2 Å². The van der Waals surface area contributed by atoms with E-state index in [0.29, 0.717) is 26.4 Å². The predicted octanol–water partition coefficient (Wildman–Crippen LogP) is 3.06. The highest BCUT2D eigenvalue weighted by atomic mass is 19.1. The molecule has 0 radical (unpaired) electrons. The van der Waals surface area contributed by atoms with Gasteiger partial charge in [0.05, 0.1) is 13.2 Å². The molecule has 1 rings (SSSR count). The molecule has 0 bridgehead atoms. The molecule has 3 nitrogen and oxygen atoms in total. The molecule has 1 aromatic rings. The summed E-state index contributed by atoms with van der Waals surface area (Å²) in [6.07, 6.45) is 1.80. The Labute approximate surface area is 119 Å². The second-order valence-electron chi connectivity index (χ2n) is 4.62. The van der Waals surface area contributed by atoms with Crippen molar-refractivity contribution in [1.29, 1.82) is 0 Å². The Morgan fingerprint density at radius 3 is 2.45 bits per heavy atom. The van der Waals surface area contributed by atoms with Crippen LogP contribution in [0.2, 0.25) is 0 Å². The second-order valence-corrected chi connectivity index (χ2v) is 4.62. The lowest BCUT2D eigenvalue weighted by Crippen LogP contribution is -2.22. The number of methoxy groups -OCH3 is 1. The Kier molecular flexibility index (Phi) is 8.34. The highest BCUT2D eigenvalue weighted by Crippen LogP contribution is 2.20. The van der Waals surface area contributed by atoms with Gasteiger partial charge in [-0.2, -0.15) is 0 Å². The molecular formula is C15H23F2NO2. The van der Waals surface area contributed by atoms with E-state index >= 15 is 0 Å². The Balaban J connectivity index is 2.19. The quantitative estimate of drug-likeness (QED) is 0.671. The van der Waals surface area contributed by atoms with Crippen molar-refractivity contribution in [3.8, 4) is 0 Å². The van der Waals surface area contributed by atoms with Gasteiger partial charge in [0.15, 0.2) is 0 Å². The number of hydrogen-bond donors (Lipinski definition) is 1. The van der Waals surface area contributed by atoms with Gasteiger partial charge in [-0.3, -0.25) is 0 Å². The maximum absolute atomic E-state index is 13.5. The molecule has 1 N–H and O–H groups in total. The summed E-state index contributed by atoms with van der Waals surface area (Å²) >= 11 is 0. The van der Waals surface area contributed by atoms with Crippen LogP contribution in [-0.2, 0) is 9.47 Å². The third-order valence-corrected chi connectivity index (χ3v) is 3.03. The molecule has 0 aromatic heterocycles. The molecule has 0 saturated heterocycles. The molecule has 0 aliphatic heterocycles. The Morgan fingerprint density at radius 1 is 1.10 bits per heavy atom. The lowest BCUT2D eigenvalue weighted by atomic mass is 10.1. The van der Waals surface area contributed by atoms with E-state index in [-0.39, 0.29) is 11.6 Å². The first-order chi connectivity index (χ1) is 9.66. The van der Waals surface area contributed by atoms with Gasteiger partial charge in [0.25, 0.3) is 0 Å². The average Bonchev–Trinajstić information content (AvgIpc) is 2.41. The van der Waals surface area contributed by atoms with Crippen LogP contribution in [0.1, 0.15) is 31.4 Å². The maximum Gasteiger partial charge on any atom is 0.130 e. The number of unbranched alkanes of at least 4 members (excludes halogenated alkanes) is 1. The maximum atomic E-state index is 13.5. The summed E-state index contributed by atoms with van der Waals surface area (Å²) in [4.78, 5) is 0. The fraction of sp³-hybridized carbons (Fsp3) is 0.600. The van der Waals surface area contributed by atoms with Crippen LogP contribution in [0.5, 0.6) is 0 Å². The molecule has 20 heavy (non-hydrogen) atoms.